The van der Waals surface area contributed by atoms with Gasteiger partial charge < -0.3 is 4.42 Å². The van der Waals surface area contributed by atoms with Crippen LogP contribution < -0.4 is 11.3 Å². The van der Waals surface area contributed by atoms with Gasteiger partial charge in [-0.05, 0) is 38.5 Å². The van der Waals surface area contributed by atoms with Gasteiger partial charge in [0.25, 0.3) is 0 Å². The number of furan rings is 1. The van der Waals surface area contributed by atoms with E-state index in [0.717, 1.165) is 29.6 Å². The van der Waals surface area contributed by atoms with E-state index in [0.29, 0.717) is 5.58 Å². The highest BCUT2D eigenvalue weighted by Crippen LogP contribution is 2.31. The molecule has 0 spiro atoms. The minimum absolute atomic E-state index is 0.115. The van der Waals surface area contributed by atoms with Crippen molar-refractivity contribution in [2.75, 3.05) is 0 Å². The molecule has 0 aliphatic carbocycles. The van der Waals surface area contributed by atoms with Gasteiger partial charge in [-0.2, -0.15) is 0 Å². The maximum Gasteiger partial charge on any atom is 0.134 e. The Morgan fingerprint density at radius 3 is 2.95 bits per heavy atom. The fraction of sp³-hybridized carbons (Fsp3) is 0.333. The van der Waals surface area contributed by atoms with Crippen LogP contribution in [-0.4, -0.2) is 0 Å². The summed E-state index contributed by atoms with van der Waals surface area (Å²) < 4.78 is 19.0. The van der Waals surface area contributed by atoms with Gasteiger partial charge in [-0.15, -0.1) is 11.8 Å². The van der Waals surface area contributed by atoms with Crippen molar-refractivity contribution in [1.82, 2.24) is 5.43 Å². The van der Waals surface area contributed by atoms with E-state index in [2.05, 4.69) is 17.3 Å². The number of hydrazine groups is 1. The highest BCUT2D eigenvalue weighted by molar-refractivity contribution is 5.82. The smallest absolute Gasteiger partial charge is 0.134 e. The largest absolute Gasteiger partial charge is 0.459 e. The maximum absolute atomic E-state index is 13.3. The molecule has 1 heterocycles. The second-order valence-corrected chi connectivity index (χ2v) is 4.42. The molecule has 1 aromatic carbocycles. The summed E-state index contributed by atoms with van der Waals surface area (Å²) in [5, 5.41) is 0.789. The van der Waals surface area contributed by atoms with Crippen LogP contribution in [0.1, 0.15) is 37.1 Å². The van der Waals surface area contributed by atoms with Crippen LogP contribution in [0.3, 0.4) is 0 Å². The zero-order valence-corrected chi connectivity index (χ0v) is 11.1. The summed E-state index contributed by atoms with van der Waals surface area (Å²) in [4.78, 5) is 0. The van der Waals surface area contributed by atoms with Crippen LogP contribution in [-0.2, 0) is 0 Å². The van der Waals surface area contributed by atoms with Crippen LogP contribution >= 0.6 is 0 Å². The van der Waals surface area contributed by atoms with Crippen molar-refractivity contribution in [2.45, 2.75) is 32.7 Å². The molecule has 0 fully saturated rings. The van der Waals surface area contributed by atoms with Crippen molar-refractivity contribution in [3.05, 3.63) is 35.3 Å². The quantitative estimate of drug-likeness (QED) is 0.504. The van der Waals surface area contributed by atoms with E-state index < -0.39 is 0 Å². The van der Waals surface area contributed by atoms with E-state index in [4.69, 9.17) is 10.3 Å². The highest BCUT2D eigenvalue weighted by atomic mass is 19.1. The van der Waals surface area contributed by atoms with Crippen molar-refractivity contribution in [1.29, 1.82) is 0 Å². The van der Waals surface area contributed by atoms with Crippen molar-refractivity contribution in [3.63, 3.8) is 0 Å². The number of rotatable bonds is 4. The number of aryl methyl sites for hydroxylation is 1. The first-order valence-corrected chi connectivity index (χ1v) is 6.21. The number of hydrogen-bond donors (Lipinski definition) is 2. The summed E-state index contributed by atoms with van der Waals surface area (Å²) in [6.45, 7) is 3.72. The summed E-state index contributed by atoms with van der Waals surface area (Å²) in [7, 11) is 0. The lowest BCUT2D eigenvalue weighted by atomic mass is 10.0. The fourth-order valence-electron chi connectivity index (χ4n) is 2.18. The van der Waals surface area contributed by atoms with Crippen molar-refractivity contribution in [3.8, 4) is 11.8 Å². The lowest BCUT2D eigenvalue weighted by Gasteiger charge is -2.12. The van der Waals surface area contributed by atoms with Gasteiger partial charge in [-0.25, -0.2) is 9.82 Å². The molecule has 0 bridgehead atoms. The van der Waals surface area contributed by atoms with E-state index in [1.165, 1.54) is 12.1 Å². The van der Waals surface area contributed by atoms with Gasteiger partial charge in [0.2, 0.25) is 0 Å². The molecule has 0 radical (unpaired) electrons. The first-order chi connectivity index (χ1) is 9.17. The Kier molecular flexibility index (Phi) is 4.20. The van der Waals surface area contributed by atoms with Crippen LogP contribution in [0.2, 0.25) is 0 Å². The van der Waals surface area contributed by atoms with Crippen molar-refractivity contribution >= 4 is 11.0 Å². The number of hydrogen-bond acceptors (Lipinski definition) is 3. The fourth-order valence-corrected chi connectivity index (χ4v) is 2.18. The first-order valence-electron chi connectivity index (χ1n) is 6.21. The summed E-state index contributed by atoms with van der Waals surface area (Å²) >= 11 is 0. The van der Waals surface area contributed by atoms with Gasteiger partial charge >= 0.3 is 0 Å². The lowest BCUT2D eigenvalue weighted by Crippen LogP contribution is -2.28. The molecule has 0 amide bonds. The Morgan fingerprint density at radius 2 is 2.26 bits per heavy atom. The Labute approximate surface area is 111 Å². The molecule has 2 rings (SSSR count). The molecule has 0 saturated carbocycles. The summed E-state index contributed by atoms with van der Waals surface area (Å²) in [6.07, 6.45) is 1.48. The average Bonchev–Trinajstić information content (AvgIpc) is 2.72. The number of nitrogens with two attached hydrogens (primary N) is 1. The van der Waals surface area contributed by atoms with Crippen LogP contribution in [0, 0.1) is 24.6 Å². The number of fused-ring (bicyclic) bond motifs is 1. The van der Waals surface area contributed by atoms with E-state index in [9.17, 15) is 4.39 Å². The maximum atomic E-state index is 13.3. The van der Waals surface area contributed by atoms with Crippen molar-refractivity contribution < 1.29 is 8.81 Å². The minimum atomic E-state index is -0.267. The SMILES string of the molecule is CC#CCCC(NN)c1oc2ccc(F)cc2c1C. The zero-order chi connectivity index (χ0) is 13.8. The molecule has 2 aromatic rings. The normalized spacial score (nSPS) is 12.2. The van der Waals surface area contributed by atoms with Crippen LogP contribution in [0.4, 0.5) is 4.39 Å². The Hall–Kier alpha value is -1.83. The molecular formula is C15H17FN2O. The van der Waals surface area contributed by atoms with Gasteiger partial charge in [0.05, 0.1) is 6.04 Å². The van der Waals surface area contributed by atoms with Gasteiger partial charge in [0.15, 0.2) is 0 Å². The average molecular weight is 260 g/mol. The second-order valence-electron chi connectivity index (χ2n) is 4.42. The minimum Gasteiger partial charge on any atom is -0.459 e. The van der Waals surface area contributed by atoms with E-state index >= 15 is 0 Å². The van der Waals surface area contributed by atoms with Gasteiger partial charge in [-0.3, -0.25) is 5.84 Å². The number of benzene rings is 1. The molecule has 0 aliphatic rings. The van der Waals surface area contributed by atoms with Gasteiger partial charge in [0.1, 0.15) is 17.2 Å². The molecule has 1 unspecified atom stereocenters. The zero-order valence-electron chi connectivity index (χ0n) is 11.1. The molecule has 19 heavy (non-hydrogen) atoms. The molecule has 1 atom stereocenters. The topological polar surface area (TPSA) is 51.2 Å². The number of nitrogens with one attached hydrogen (secondary N) is 1. The first kappa shape index (κ1) is 13.6. The third-order valence-corrected chi connectivity index (χ3v) is 3.19. The van der Waals surface area contributed by atoms with Crippen molar-refractivity contribution in [2.24, 2.45) is 5.84 Å². The molecule has 100 valence electrons. The molecule has 3 N–H and O–H groups in total. The van der Waals surface area contributed by atoms with Gasteiger partial charge in [0, 0.05) is 17.4 Å². The summed E-state index contributed by atoms with van der Waals surface area (Å²) in [5.74, 6) is 11.9. The molecular weight excluding hydrogens is 243 g/mol. The summed E-state index contributed by atoms with van der Waals surface area (Å²) in [6, 6.07) is 4.40. The highest BCUT2D eigenvalue weighted by Gasteiger charge is 2.19. The third kappa shape index (κ3) is 2.78. The van der Waals surface area contributed by atoms with Gasteiger partial charge in [-0.1, -0.05) is 0 Å². The molecule has 0 saturated heterocycles. The molecule has 3 nitrogen and oxygen atoms in total. The van der Waals surface area contributed by atoms with Crippen LogP contribution in [0.15, 0.2) is 22.6 Å². The number of halogens is 1. The van der Waals surface area contributed by atoms with E-state index in [1.54, 1.807) is 13.0 Å². The van der Waals surface area contributed by atoms with E-state index in [1.807, 2.05) is 6.92 Å². The Morgan fingerprint density at radius 1 is 1.47 bits per heavy atom. The molecule has 1 aromatic heterocycles. The third-order valence-electron chi connectivity index (χ3n) is 3.19. The molecule has 0 aliphatic heterocycles. The predicted octanol–water partition coefficient (Wildman–Crippen LogP) is 3.19. The molecule has 4 heteroatoms. The van der Waals surface area contributed by atoms with Crippen LogP contribution in [0.5, 0.6) is 0 Å². The second kappa shape index (κ2) is 5.87. The standard InChI is InChI=1S/C15H17FN2O/c1-3-4-5-6-13(18-17)15-10(2)12-9-11(16)7-8-14(12)19-15/h7-9,13,18H,5-6,17H2,1-2H3. The predicted molar refractivity (Wildman–Crippen MR) is 73.7 cm³/mol. The monoisotopic (exact) mass is 260 g/mol. The lowest BCUT2D eigenvalue weighted by molar-refractivity contribution is 0.417. The van der Waals surface area contributed by atoms with Crippen LogP contribution in [0.25, 0.3) is 11.0 Å². The summed E-state index contributed by atoms with van der Waals surface area (Å²) in [5.41, 5.74) is 4.33. The Balaban J connectivity index is 2.36. The van der Waals surface area contributed by atoms with E-state index in [-0.39, 0.29) is 11.9 Å². The Bertz CT molecular complexity index is 637.